The Morgan fingerprint density at radius 2 is 1.54 bits per heavy atom. The normalized spacial score (nSPS) is 10.8. The number of amides is 2. The Bertz CT molecular complexity index is 821. The van der Waals surface area contributed by atoms with E-state index in [0.29, 0.717) is 17.2 Å². The lowest BCUT2D eigenvalue weighted by Gasteiger charge is -2.23. The number of para-hydroxylation sites is 1. The van der Waals surface area contributed by atoms with Gasteiger partial charge in [0.2, 0.25) is 11.8 Å². The van der Waals surface area contributed by atoms with E-state index in [1.54, 1.807) is 24.3 Å². The summed E-state index contributed by atoms with van der Waals surface area (Å²) in [7, 11) is 2.98. The number of carbonyl (C=O) groups excluding carboxylic acids is 2. The van der Waals surface area contributed by atoms with Crippen molar-refractivity contribution < 1.29 is 23.5 Å². The van der Waals surface area contributed by atoms with Crippen LogP contribution < -0.4 is 20.1 Å². The lowest BCUT2D eigenvalue weighted by Crippen LogP contribution is -2.41. The first-order chi connectivity index (χ1) is 12.3. The van der Waals surface area contributed by atoms with Crippen LogP contribution in [0.25, 0.3) is 0 Å². The fourth-order valence-corrected chi connectivity index (χ4v) is 2.12. The van der Waals surface area contributed by atoms with Crippen LogP contribution >= 0.6 is 0 Å². The smallest absolute Gasteiger partial charge is 0.239 e. The van der Waals surface area contributed by atoms with Crippen molar-refractivity contribution in [2.45, 2.75) is 13.8 Å². The second kappa shape index (κ2) is 7.86. The predicted octanol–water partition coefficient (Wildman–Crippen LogP) is 3.45. The molecule has 0 bridgehead atoms. The number of carbonyl (C=O) groups is 2. The first kappa shape index (κ1) is 19.2. The molecule has 0 unspecified atom stereocenters. The Kier molecular flexibility index (Phi) is 5.82. The SMILES string of the molecule is COc1ccc(NC(=O)C(C)(C)C(=O)Nc2ccccc2F)c(OC)c1. The molecule has 0 aromatic heterocycles. The first-order valence-corrected chi connectivity index (χ1v) is 7.89. The largest absolute Gasteiger partial charge is 0.497 e. The Hall–Kier alpha value is -3.09. The Morgan fingerprint density at radius 1 is 0.923 bits per heavy atom. The van der Waals surface area contributed by atoms with Crippen molar-refractivity contribution in [2.24, 2.45) is 5.41 Å². The lowest BCUT2D eigenvalue weighted by atomic mass is 9.90. The van der Waals surface area contributed by atoms with Gasteiger partial charge in [-0.25, -0.2) is 4.39 Å². The van der Waals surface area contributed by atoms with Crippen LogP contribution in [0, 0.1) is 11.2 Å². The second-order valence-corrected chi connectivity index (χ2v) is 6.08. The zero-order valence-electron chi connectivity index (χ0n) is 15.1. The van der Waals surface area contributed by atoms with Crippen molar-refractivity contribution in [1.29, 1.82) is 0 Å². The first-order valence-electron chi connectivity index (χ1n) is 7.89. The molecule has 6 nitrogen and oxygen atoms in total. The molecule has 2 rings (SSSR count). The van der Waals surface area contributed by atoms with Gasteiger partial charge >= 0.3 is 0 Å². The number of nitrogens with one attached hydrogen (secondary N) is 2. The van der Waals surface area contributed by atoms with Crippen LogP contribution in [0.4, 0.5) is 15.8 Å². The van der Waals surface area contributed by atoms with Crippen LogP contribution in [0.2, 0.25) is 0 Å². The van der Waals surface area contributed by atoms with Gasteiger partial charge in [-0.15, -0.1) is 0 Å². The van der Waals surface area contributed by atoms with E-state index >= 15 is 0 Å². The van der Waals surface area contributed by atoms with Crippen LogP contribution in [0.1, 0.15) is 13.8 Å². The van der Waals surface area contributed by atoms with E-state index in [2.05, 4.69) is 10.6 Å². The molecule has 0 aliphatic carbocycles. The molecule has 0 spiro atoms. The van der Waals surface area contributed by atoms with Crippen molar-refractivity contribution in [3.05, 3.63) is 48.3 Å². The van der Waals surface area contributed by atoms with Gasteiger partial charge in [0, 0.05) is 6.07 Å². The minimum absolute atomic E-state index is 0.0143. The maximum Gasteiger partial charge on any atom is 0.239 e. The van der Waals surface area contributed by atoms with E-state index in [1.807, 2.05) is 0 Å². The number of halogens is 1. The highest BCUT2D eigenvalue weighted by Gasteiger charge is 2.37. The number of ether oxygens (including phenoxy) is 2. The van der Waals surface area contributed by atoms with Gasteiger partial charge in [0.1, 0.15) is 22.7 Å². The molecule has 0 atom stereocenters. The molecule has 0 heterocycles. The molecular weight excluding hydrogens is 339 g/mol. The standard InChI is InChI=1S/C19H21FN2O4/c1-19(2,17(23)21-14-8-6-5-7-13(14)20)18(24)22-15-10-9-12(25-3)11-16(15)26-4/h5-11H,1-4H3,(H,21,23)(H,22,24). The monoisotopic (exact) mass is 360 g/mol. The van der Waals surface area contributed by atoms with Gasteiger partial charge in [0.15, 0.2) is 0 Å². The summed E-state index contributed by atoms with van der Waals surface area (Å²) in [5, 5.41) is 5.10. The van der Waals surface area contributed by atoms with Gasteiger partial charge in [-0.1, -0.05) is 12.1 Å². The van der Waals surface area contributed by atoms with Crippen molar-refractivity contribution in [1.82, 2.24) is 0 Å². The zero-order valence-corrected chi connectivity index (χ0v) is 15.1. The minimum atomic E-state index is -1.45. The van der Waals surface area contributed by atoms with Gasteiger partial charge in [-0.2, -0.15) is 0 Å². The summed E-state index contributed by atoms with van der Waals surface area (Å²) < 4.78 is 24.0. The minimum Gasteiger partial charge on any atom is -0.497 e. The number of hydrogen-bond acceptors (Lipinski definition) is 4. The van der Waals surface area contributed by atoms with Crippen molar-refractivity contribution in [2.75, 3.05) is 24.9 Å². The summed E-state index contributed by atoms with van der Waals surface area (Å²) in [4.78, 5) is 25.1. The van der Waals surface area contributed by atoms with Crippen LogP contribution in [-0.2, 0) is 9.59 Å². The Balaban J connectivity index is 2.17. The number of anilines is 2. The molecule has 0 radical (unpaired) electrons. The Labute approximate surface area is 151 Å². The molecular formula is C19H21FN2O4. The van der Waals surface area contributed by atoms with Gasteiger partial charge < -0.3 is 20.1 Å². The third-order valence-corrected chi connectivity index (χ3v) is 3.91. The van der Waals surface area contributed by atoms with Gasteiger partial charge in [0.05, 0.1) is 25.6 Å². The van der Waals surface area contributed by atoms with E-state index in [9.17, 15) is 14.0 Å². The van der Waals surface area contributed by atoms with Crippen LogP contribution in [0.5, 0.6) is 11.5 Å². The van der Waals surface area contributed by atoms with Crippen molar-refractivity contribution in [3.63, 3.8) is 0 Å². The summed E-state index contributed by atoms with van der Waals surface area (Å²) in [6.45, 7) is 2.91. The van der Waals surface area contributed by atoms with Gasteiger partial charge in [0.25, 0.3) is 0 Å². The number of methoxy groups -OCH3 is 2. The van der Waals surface area contributed by atoms with E-state index in [4.69, 9.17) is 9.47 Å². The fraction of sp³-hybridized carbons (Fsp3) is 0.263. The lowest BCUT2D eigenvalue weighted by molar-refractivity contribution is -0.135. The fourth-order valence-electron chi connectivity index (χ4n) is 2.12. The summed E-state index contributed by atoms with van der Waals surface area (Å²) in [6.07, 6.45) is 0. The summed E-state index contributed by atoms with van der Waals surface area (Å²) in [5.74, 6) is -0.810. The molecule has 0 saturated heterocycles. The van der Waals surface area contributed by atoms with Crippen molar-refractivity contribution >= 4 is 23.2 Å². The van der Waals surface area contributed by atoms with E-state index in [1.165, 1.54) is 46.3 Å². The third kappa shape index (κ3) is 4.11. The average molecular weight is 360 g/mol. The zero-order chi connectivity index (χ0) is 19.3. The van der Waals surface area contributed by atoms with Gasteiger partial charge in [-0.3, -0.25) is 9.59 Å². The van der Waals surface area contributed by atoms with Crippen LogP contribution in [0.15, 0.2) is 42.5 Å². The van der Waals surface area contributed by atoms with Crippen LogP contribution in [0.3, 0.4) is 0 Å². The maximum absolute atomic E-state index is 13.7. The third-order valence-electron chi connectivity index (χ3n) is 3.91. The molecule has 7 heteroatoms. The molecule has 138 valence electrons. The van der Waals surface area contributed by atoms with E-state index in [-0.39, 0.29) is 5.69 Å². The average Bonchev–Trinajstić information content (AvgIpc) is 2.63. The highest BCUT2D eigenvalue weighted by molar-refractivity contribution is 6.14. The molecule has 2 aromatic carbocycles. The number of hydrogen-bond donors (Lipinski definition) is 2. The molecule has 26 heavy (non-hydrogen) atoms. The van der Waals surface area contributed by atoms with E-state index < -0.39 is 23.0 Å². The highest BCUT2D eigenvalue weighted by Crippen LogP contribution is 2.31. The number of benzene rings is 2. The summed E-state index contributed by atoms with van der Waals surface area (Å²) >= 11 is 0. The molecule has 2 amide bonds. The van der Waals surface area contributed by atoms with E-state index in [0.717, 1.165) is 0 Å². The topological polar surface area (TPSA) is 76.7 Å². The summed E-state index contributed by atoms with van der Waals surface area (Å²) in [6, 6.07) is 10.6. The number of rotatable bonds is 6. The molecule has 0 saturated carbocycles. The molecule has 0 fully saturated rings. The van der Waals surface area contributed by atoms with Crippen molar-refractivity contribution in [3.8, 4) is 11.5 Å². The molecule has 2 N–H and O–H groups in total. The van der Waals surface area contributed by atoms with Crippen LogP contribution in [-0.4, -0.2) is 26.0 Å². The molecule has 2 aromatic rings. The Morgan fingerprint density at radius 3 is 2.12 bits per heavy atom. The molecule has 0 aliphatic heterocycles. The second-order valence-electron chi connectivity index (χ2n) is 6.08. The maximum atomic E-state index is 13.7. The predicted molar refractivity (Wildman–Crippen MR) is 97.0 cm³/mol. The highest BCUT2D eigenvalue weighted by atomic mass is 19.1. The quantitative estimate of drug-likeness (QED) is 0.774. The summed E-state index contributed by atoms with van der Waals surface area (Å²) in [5.41, 5.74) is -1.04. The molecule has 0 aliphatic rings. The van der Waals surface area contributed by atoms with Gasteiger partial charge in [-0.05, 0) is 38.1 Å².